The van der Waals surface area contributed by atoms with Gasteiger partial charge in [0.25, 0.3) is 5.91 Å². The van der Waals surface area contributed by atoms with Crippen molar-refractivity contribution in [3.63, 3.8) is 0 Å². The van der Waals surface area contributed by atoms with Crippen LogP contribution in [0.5, 0.6) is 0 Å². The van der Waals surface area contributed by atoms with Crippen molar-refractivity contribution in [2.75, 3.05) is 31.9 Å². The highest BCUT2D eigenvalue weighted by Crippen LogP contribution is 2.34. The molecule has 19 heavy (non-hydrogen) atoms. The van der Waals surface area contributed by atoms with Gasteiger partial charge in [-0.25, -0.2) is 4.39 Å². The normalized spacial score (nSPS) is 15.9. The van der Waals surface area contributed by atoms with Crippen LogP contribution in [0.15, 0.2) is 18.2 Å². The first-order valence-corrected chi connectivity index (χ1v) is 6.96. The molecule has 0 aliphatic carbocycles. The standard InChI is InChI=1S/C13H14FN3OS/c14-8-1-2-10-9(7-8)11(15)12(19-10)13(18)17-5-3-16-4-6-17/h1-2,7,16H,3-6,15H2. The molecule has 4 nitrogen and oxygen atoms in total. The molecular formula is C13H14FN3OS. The summed E-state index contributed by atoms with van der Waals surface area (Å²) in [7, 11) is 0. The Kier molecular flexibility index (Phi) is 3.12. The molecule has 2 heterocycles. The van der Waals surface area contributed by atoms with Crippen LogP contribution >= 0.6 is 11.3 Å². The zero-order valence-electron chi connectivity index (χ0n) is 10.3. The Morgan fingerprint density at radius 3 is 2.84 bits per heavy atom. The van der Waals surface area contributed by atoms with E-state index in [4.69, 9.17) is 5.73 Å². The monoisotopic (exact) mass is 279 g/mol. The fourth-order valence-corrected chi connectivity index (χ4v) is 3.33. The van der Waals surface area contributed by atoms with Gasteiger partial charge < -0.3 is 16.0 Å². The molecule has 0 radical (unpaired) electrons. The summed E-state index contributed by atoms with van der Waals surface area (Å²) in [5, 5.41) is 3.83. The van der Waals surface area contributed by atoms with Crippen molar-refractivity contribution in [2.24, 2.45) is 0 Å². The van der Waals surface area contributed by atoms with E-state index >= 15 is 0 Å². The number of carbonyl (C=O) groups is 1. The molecule has 1 fully saturated rings. The zero-order valence-corrected chi connectivity index (χ0v) is 11.1. The number of hydrogen-bond acceptors (Lipinski definition) is 4. The third kappa shape index (κ3) is 2.17. The maximum atomic E-state index is 13.2. The number of halogens is 1. The van der Waals surface area contributed by atoms with Gasteiger partial charge in [-0.1, -0.05) is 0 Å². The minimum Gasteiger partial charge on any atom is -0.397 e. The van der Waals surface area contributed by atoms with E-state index in [9.17, 15) is 9.18 Å². The Labute approximate surface area is 114 Å². The van der Waals surface area contributed by atoms with Crippen LogP contribution in [-0.2, 0) is 0 Å². The number of nitrogens with zero attached hydrogens (tertiary/aromatic N) is 1. The SMILES string of the molecule is Nc1c(C(=O)N2CCNCC2)sc2ccc(F)cc12. The van der Waals surface area contributed by atoms with Crippen LogP contribution in [0.4, 0.5) is 10.1 Å². The molecule has 3 N–H and O–H groups in total. The number of nitrogen functional groups attached to an aromatic ring is 1. The Morgan fingerprint density at radius 1 is 1.37 bits per heavy atom. The second-order valence-corrected chi connectivity index (χ2v) is 5.58. The molecular weight excluding hydrogens is 265 g/mol. The lowest BCUT2D eigenvalue weighted by Gasteiger charge is -2.27. The summed E-state index contributed by atoms with van der Waals surface area (Å²) >= 11 is 1.33. The number of fused-ring (bicyclic) bond motifs is 1. The van der Waals surface area contributed by atoms with Gasteiger partial charge in [-0.3, -0.25) is 4.79 Å². The predicted octanol–water partition coefficient (Wildman–Crippen LogP) is 1.67. The number of thiophene rings is 1. The first-order chi connectivity index (χ1) is 9.16. The molecule has 100 valence electrons. The van der Waals surface area contributed by atoms with Gasteiger partial charge in [-0.15, -0.1) is 11.3 Å². The Bertz CT molecular complexity index is 634. The third-order valence-corrected chi connectivity index (χ3v) is 4.46. The van der Waals surface area contributed by atoms with Crippen LogP contribution in [0, 0.1) is 5.82 Å². The van der Waals surface area contributed by atoms with Crippen molar-refractivity contribution in [2.45, 2.75) is 0 Å². The van der Waals surface area contributed by atoms with E-state index in [1.165, 1.54) is 23.5 Å². The molecule has 0 atom stereocenters. The molecule has 1 aromatic heterocycles. The molecule has 1 aliphatic heterocycles. The van der Waals surface area contributed by atoms with Crippen molar-refractivity contribution < 1.29 is 9.18 Å². The van der Waals surface area contributed by atoms with E-state index in [0.29, 0.717) is 29.0 Å². The van der Waals surface area contributed by atoms with E-state index in [2.05, 4.69) is 5.32 Å². The van der Waals surface area contributed by atoms with Gasteiger partial charge in [0.05, 0.1) is 5.69 Å². The van der Waals surface area contributed by atoms with Crippen LogP contribution in [0.1, 0.15) is 9.67 Å². The summed E-state index contributed by atoms with van der Waals surface area (Å²) in [6.45, 7) is 2.96. The average molecular weight is 279 g/mol. The number of nitrogens with one attached hydrogen (secondary N) is 1. The number of nitrogens with two attached hydrogens (primary N) is 1. The average Bonchev–Trinajstić information content (AvgIpc) is 2.76. The summed E-state index contributed by atoms with van der Waals surface area (Å²) in [5.41, 5.74) is 6.39. The lowest BCUT2D eigenvalue weighted by atomic mass is 10.2. The van der Waals surface area contributed by atoms with Crippen LogP contribution in [-0.4, -0.2) is 37.0 Å². The summed E-state index contributed by atoms with van der Waals surface area (Å²) in [4.78, 5) is 14.7. The number of anilines is 1. The molecule has 0 spiro atoms. The van der Waals surface area contributed by atoms with Crippen LogP contribution in [0.2, 0.25) is 0 Å². The van der Waals surface area contributed by atoms with E-state index in [0.717, 1.165) is 17.8 Å². The molecule has 1 aliphatic rings. The highest BCUT2D eigenvalue weighted by Gasteiger charge is 2.23. The van der Waals surface area contributed by atoms with Gasteiger partial charge in [0.15, 0.2) is 0 Å². The van der Waals surface area contributed by atoms with Crippen LogP contribution in [0.3, 0.4) is 0 Å². The number of amides is 1. The van der Waals surface area contributed by atoms with Gasteiger partial charge in [0, 0.05) is 36.3 Å². The van der Waals surface area contributed by atoms with Crippen molar-refractivity contribution in [3.05, 3.63) is 28.9 Å². The molecule has 0 unspecified atom stereocenters. The largest absolute Gasteiger partial charge is 0.397 e. The van der Waals surface area contributed by atoms with Gasteiger partial charge in [-0.05, 0) is 18.2 Å². The molecule has 1 saturated heterocycles. The number of hydrogen-bond donors (Lipinski definition) is 2. The van der Waals surface area contributed by atoms with E-state index in [1.54, 1.807) is 11.0 Å². The Balaban J connectivity index is 2.00. The van der Waals surface area contributed by atoms with E-state index in [-0.39, 0.29) is 11.7 Å². The van der Waals surface area contributed by atoms with Gasteiger partial charge >= 0.3 is 0 Å². The lowest BCUT2D eigenvalue weighted by molar-refractivity contribution is 0.0741. The minimum absolute atomic E-state index is 0.0550. The summed E-state index contributed by atoms with van der Waals surface area (Å²) in [5.74, 6) is -0.390. The molecule has 0 bridgehead atoms. The second kappa shape index (κ2) is 4.79. The summed E-state index contributed by atoms with van der Waals surface area (Å²) < 4.78 is 14.1. The van der Waals surface area contributed by atoms with Crippen molar-refractivity contribution in [1.29, 1.82) is 0 Å². The number of piperazine rings is 1. The highest BCUT2D eigenvalue weighted by molar-refractivity contribution is 7.21. The van der Waals surface area contributed by atoms with Gasteiger partial charge in [-0.2, -0.15) is 0 Å². The van der Waals surface area contributed by atoms with Crippen LogP contribution < -0.4 is 11.1 Å². The van der Waals surface area contributed by atoms with Gasteiger partial charge in [0.2, 0.25) is 0 Å². The summed E-state index contributed by atoms with van der Waals surface area (Å²) in [6, 6.07) is 4.44. The molecule has 1 amide bonds. The fourth-order valence-electron chi connectivity index (χ4n) is 2.26. The molecule has 6 heteroatoms. The molecule has 2 aromatic rings. The highest BCUT2D eigenvalue weighted by atomic mass is 32.1. The summed E-state index contributed by atoms with van der Waals surface area (Å²) in [6.07, 6.45) is 0. The Morgan fingerprint density at radius 2 is 2.11 bits per heavy atom. The van der Waals surface area contributed by atoms with E-state index in [1.807, 2.05) is 0 Å². The first kappa shape index (κ1) is 12.4. The maximum absolute atomic E-state index is 13.2. The number of rotatable bonds is 1. The van der Waals surface area contributed by atoms with Gasteiger partial charge in [0.1, 0.15) is 10.7 Å². The quantitative estimate of drug-likeness (QED) is 0.835. The first-order valence-electron chi connectivity index (χ1n) is 6.14. The van der Waals surface area contributed by atoms with Crippen molar-refractivity contribution in [3.8, 4) is 0 Å². The smallest absolute Gasteiger partial charge is 0.266 e. The van der Waals surface area contributed by atoms with Crippen LogP contribution in [0.25, 0.3) is 10.1 Å². The fraction of sp³-hybridized carbons (Fsp3) is 0.308. The maximum Gasteiger partial charge on any atom is 0.266 e. The topological polar surface area (TPSA) is 58.4 Å². The predicted molar refractivity (Wildman–Crippen MR) is 75.0 cm³/mol. The van der Waals surface area contributed by atoms with E-state index < -0.39 is 0 Å². The zero-order chi connectivity index (χ0) is 13.4. The minimum atomic E-state index is -0.335. The Hall–Kier alpha value is -1.66. The molecule has 3 rings (SSSR count). The molecule has 1 aromatic carbocycles. The lowest BCUT2D eigenvalue weighted by Crippen LogP contribution is -2.46. The third-order valence-electron chi connectivity index (χ3n) is 3.29. The number of carbonyl (C=O) groups excluding carboxylic acids is 1. The van der Waals surface area contributed by atoms with Crippen molar-refractivity contribution in [1.82, 2.24) is 10.2 Å². The number of benzene rings is 1. The van der Waals surface area contributed by atoms with Crippen molar-refractivity contribution >= 4 is 33.0 Å². The second-order valence-electron chi connectivity index (χ2n) is 4.53. The molecule has 0 saturated carbocycles.